The Morgan fingerprint density at radius 2 is 1.86 bits per heavy atom. The van der Waals surface area contributed by atoms with E-state index in [0.29, 0.717) is 21.4 Å². The summed E-state index contributed by atoms with van der Waals surface area (Å²) in [5, 5.41) is 16.3. The number of aliphatic hydroxyl groups is 1. The number of carbonyl (C=O) groups excluding carboxylic acids is 2. The molecule has 0 saturated carbocycles. The number of ketones is 1. The summed E-state index contributed by atoms with van der Waals surface area (Å²) in [4.78, 5) is 31.4. The van der Waals surface area contributed by atoms with Crippen LogP contribution in [-0.4, -0.2) is 38.7 Å². The van der Waals surface area contributed by atoms with Crippen molar-refractivity contribution in [3.63, 3.8) is 0 Å². The second-order valence-corrected chi connectivity index (χ2v) is 9.45. The zero-order valence-electron chi connectivity index (χ0n) is 18.6. The highest BCUT2D eigenvalue weighted by Gasteiger charge is 2.70. The number of nitrogens with one attached hydrogen (secondary N) is 1. The number of Topliss-reactive ketones (excluding diaryl/α,β-unsaturated/α-hetero) is 1. The summed E-state index contributed by atoms with van der Waals surface area (Å²) in [6.45, 7) is -0.550. The number of alkyl halides is 3. The Kier molecular flexibility index (Phi) is 6.01. The molecule has 184 valence electrons. The fourth-order valence-electron chi connectivity index (χ4n) is 4.61. The van der Waals surface area contributed by atoms with Crippen molar-refractivity contribution in [1.82, 2.24) is 15.2 Å². The molecular weight excluding hydrogens is 491 g/mol. The summed E-state index contributed by atoms with van der Waals surface area (Å²) in [5.74, 6) is -2.99. The maximum atomic E-state index is 14.8. The number of hydrogen-bond donors (Lipinski definition) is 2. The Morgan fingerprint density at radius 1 is 1.08 bits per heavy atom. The van der Waals surface area contributed by atoms with Crippen LogP contribution in [0, 0.1) is 5.92 Å². The van der Waals surface area contributed by atoms with Crippen LogP contribution < -0.4 is 5.32 Å². The maximum Gasteiger partial charge on any atom is 0.437 e. The van der Waals surface area contributed by atoms with Crippen molar-refractivity contribution < 1.29 is 27.9 Å². The van der Waals surface area contributed by atoms with Gasteiger partial charge in [0.1, 0.15) is 5.92 Å². The van der Waals surface area contributed by atoms with Crippen molar-refractivity contribution in [3.05, 3.63) is 100 Å². The van der Waals surface area contributed by atoms with E-state index in [2.05, 4.69) is 10.3 Å². The van der Waals surface area contributed by atoms with Crippen LogP contribution in [0.1, 0.15) is 26.8 Å². The van der Waals surface area contributed by atoms with Crippen LogP contribution in [-0.2, 0) is 6.54 Å². The van der Waals surface area contributed by atoms with Crippen molar-refractivity contribution in [2.24, 2.45) is 5.92 Å². The second kappa shape index (κ2) is 9.03. The van der Waals surface area contributed by atoms with E-state index in [1.807, 2.05) is 0 Å². The van der Waals surface area contributed by atoms with Gasteiger partial charge in [-0.2, -0.15) is 13.2 Å². The van der Waals surface area contributed by atoms with Crippen LogP contribution in [0.3, 0.4) is 0 Å². The molecule has 2 amide bonds. The van der Waals surface area contributed by atoms with E-state index >= 15 is 0 Å². The summed E-state index contributed by atoms with van der Waals surface area (Å²) >= 11 is 0.973. The predicted octanol–water partition coefficient (Wildman–Crippen LogP) is 5.31. The van der Waals surface area contributed by atoms with Crippen molar-refractivity contribution in [2.75, 3.05) is 0 Å². The number of benzene rings is 2. The van der Waals surface area contributed by atoms with Gasteiger partial charge >= 0.3 is 12.2 Å². The number of carbonyl (C=O) groups is 2. The molecule has 2 aromatic heterocycles. The molecule has 0 unspecified atom stereocenters. The highest BCUT2D eigenvalue weighted by atomic mass is 32.1. The third kappa shape index (κ3) is 4.02. The number of thiophene rings is 1. The van der Waals surface area contributed by atoms with E-state index in [1.165, 1.54) is 12.1 Å². The molecule has 2 aromatic carbocycles. The van der Waals surface area contributed by atoms with Gasteiger partial charge in [0.05, 0.1) is 23.0 Å². The third-order valence-corrected chi connectivity index (χ3v) is 7.22. The molecule has 5 rings (SSSR count). The summed E-state index contributed by atoms with van der Waals surface area (Å²) < 4.78 is 44.4. The lowest BCUT2D eigenvalue weighted by Gasteiger charge is -2.51. The van der Waals surface area contributed by atoms with Gasteiger partial charge in [0.2, 0.25) is 0 Å². The topological polar surface area (TPSA) is 82.5 Å². The molecule has 4 aromatic rings. The van der Waals surface area contributed by atoms with Crippen LogP contribution >= 0.6 is 11.3 Å². The first-order valence-corrected chi connectivity index (χ1v) is 11.9. The minimum atomic E-state index is -5.34. The maximum absolute atomic E-state index is 14.8. The minimum Gasteiger partial charge on any atom is -0.363 e. The molecule has 0 spiro atoms. The molecule has 1 aliphatic heterocycles. The molecular formula is C26H20F3N3O3S. The summed E-state index contributed by atoms with van der Waals surface area (Å²) in [6.07, 6.45) is -3.76. The van der Waals surface area contributed by atoms with Crippen LogP contribution in [0.4, 0.5) is 18.0 Å². The molecule has 10 heteroatoms. The molecule has 1 saturated heterocycles. The predicted molar refractivity (Wildman–Crippen MR) is 128 cm³/mol. The lowest BCUT2D eigenvalue weighted by molar-refractivity contribution is -0.328. The zero-order valence-corrected chi connectivity index (χ0v) is 19.5. The van der Waals surface area contributed by atoms with Crippen molar-refractivity contribution in [1.29, 1.82) is 0 Å². The van der Waals surface area contributed by atoms with Crippen LogP contribution in [0.15, 0.2) is 84.4 Å². The number of fused-ring (bicyclic) bond motifs is 1. The molecule has 6 nitrogen and oxygen atoms in total. The van der Waals surface area contributed by atoms with E-state index in [4.69, 9.17) is 0 Å². The fraction of sp³-hybridized carbons (Fsp3) is 0.192. The number of aromatic nitrogens is 1. The highest BCUT2D eigenvalue weighted by molar-refractivity contribution is 7.12. The first-order chi connectivity index (χ1) is 17.2. The number of pyridine rings is 1. The Labute approximate surface area is 208 Å². The lowest BCUT2D eigenvalue weighted by atomic mass is 9.77. The normalized spacial score (nSPS) is 22.4. The van der Waals surface area contributed by atoms with E-state index < -0.39 is 42.2 Å². The third-order valence-electron chi connectivity index (χ3n) is 6.34. The van der Waals surface area contributed by atoms with Gasteiger partial charge in [-0.15, -0.1) is 11.3 Å². The number of amides is 2. The number of urea groups is 1. The molecule has 0 bridgehead atoms. The van der Waals surface area contributed by atoms with Crippen molar-refractivity contribution in [2.45, 2.75) is 24.5 Å². The van der Waals surface area contributed by atoms with Gasteiger partial charge in [0.15, 0.2) is 5.78 Å². The first kappa shape index (κ1) is 24.0. The van der Waals surface area contributed by atoms with Gasteiger partial charge in [-0.3, -0.25) is 14.7 Å². The SMILES string of the molecule is O=C(c1cccs1)[C@H]1[C@@H](c2ccc3ncccc3c2)NC(=O)N(Cc2ccccc2)[C@]1(O)C(F)(F)F. The van der Waals surface area contributed by atoms with Gasteiger partial charge in [-0.05, 0) is 40.8 Å². The summed E-state index contributed by atoms with van der Waals surface area (Å²) in [5.41, 5.74) is -2.56. The van der Waals surface area contributed by atoms with Gasteiger partial charge in [-0.1, -0.05) is 48.5 Å². The Hall–Kier alpha value is -3.76. The summed E-state index contributed by atoms with van der Waals surface area (Å²) in [7, 11) is 0. The quantitative estimate of drug-likeness (QED) is 0.356. The number of halogens is 3. The van der Waals surface area contributed by atoms with Gasteiger partial charge in [0.25, 0.3) is 5.72 Å². The molecule has 1 aliphatic rings. The largest absolute Gasteiger partial charge is 0.437 e. The Balaban J connectivity index is 1.68. The molecule has 1 fully saturated rings. The molecule has 2 N–H and O–H groups in total. The molecule has 3 heterocycles. The van der Waals surface area contributed by atoms with Crippen LogP contribution in [0.5, 0.6) is 0 Å². The van der Waals surface area contributed by atoms with Crippen LogP contribution in [0.25, 0.3) is 10.9 Å². The highest BCUT2D eigenvalue weighted by Crippen LogP contribution is 2.49. The smallest absolute Gasteiger partial charge is 0.363 e. The second-order valence-electron chi connectivity index (χ2n) is 8.50. The van der Waals surface area contributed by atoms with Gasteiger partial charge in [-0.25, -0.2) is 4.79 Å². The van der Waals surface area contributed by atoms with E-state index in [1.54, 1.807) is 72.2 Å². The lowest BCUT2D eigenvalue weighted by Crippen LogP contribution is -2.73. The number of nitrogens with zero attached hydrogens (tertiary/aromatic N) is 2. The van der Waals surface area contributed by atoms with E-state index in [0.717, 1.165) is 11.3 Å². The zero-order chi connectivity index (χ0) is 25.5. The van der Waals surface area contributed by atoms with Crippen LogP contribution in [0.2, 0.25) is 0 Å². The average Bonchev–Trinajstić information content (AvgIpc) is 3.41. The average molecular weight is 512 g/mol. The van der Waals surface area contributed by atoms with Gasteiger partial charge in [0, 0.05) is 11.6 Å². The fourth-order valence-corrected chi connectivity index (χ4v) is 5.31. The Bertz CT molecular complexity index is 1410. The monoisotopic (exact) mass is 511 g/mol. The number of hydrogen-bond acceptors (Lipinski definition) is 5. The van der Waals surface area contributed by atoms with E-state index in [9.17, 15) is 27.9 Å². The standard InChI is InChI=1S/C26H20F3N3O3S/c27-26(28,29)25(35)21(23(33)20-9-5-13-36-20)22(18-10-11-19-17(14-18)8-4-12-30-19)31-24(34)32(25)15-16-6-2-1-3-7-16/h1-14,21-22,35H,15H2,(H,31,34)/t21-,22-,25-/m1/s1. The van der Waals surface area contributed by atoms with Crippen molar-refractivity contribution in [3.8, 4) is 0 Å². The summed E-state index contributed by atoms with van der Waals surface area (Å²) in [6, 6.07) is 16.5. The number of rotatable bonds is 5. The van der Waals surface area contributed by atoms with Gasteiger partial charge < -0.3 is 10.4 Å². The molecule has 0 radical (unpaired) electrons. The molecule has 3 atom stereocenters. The molecule has 0 aliphatic carbocycles. The first-order valence-electron chi connectivity index (χ1n) is 11.0. The minimum absolute atomic E-state index is 0.0472. The Morgan fingerprint density at radius 3 is 2.56 bits per heavy atom. The van der Waals surface area contributed by atoms with Crippen molar-refractivity contribution >= 4 is 34.1 Å². The molecule has 36 heavy (non-hydrogen) atoms. The van der Waals surface area contributed by atoms with E-state index in [-0.39, 0.29) is 10.4 Å².